The average Bonchev–Trinajstić information content (AvgIpc) is 2.18. The minimum absolute atomic E-state index is 0.209. The molecule has 0 aromatic heterocycles. The van der Waals surface area contributed by atoms with Gasteiger partial charge in [0, 0.05) is 13.0 Å². The lowest BCUT2D eigenvalue weighted by atomic mass is 10.2. The Morgan fingerprint density at radius 3 is 2.15 bits per heavy atom. The van der Waals surface area contributed by atoms with Crippen molar-refractivity contribution in [1.29, 1.82) is 0 Å². The Morgan fingerprint density at radius 2 is 1.69 bits per heavy atom. The van der Waals surface area contributed by atoms with Crippen molar-refractivity contribution in [3.05, 3.63) is 0 Å². The maximum atomic E-state index is 11.0. The summed E-state index contributed by atoms with van der Waals surface area (Å²) in [5.74, 6) is 0.209. The van der Waals surface area contributed by atoms with Crippen LogP contribution in [0.4, 0.5) is 0 Å². The zero-order valence-corrected chi connectivity index (χ0v) is 9.65. The second kappa shape index (κ2) is 14.0. The SMILES string of the molecule is CC.CCCCCC(=O)NCCC. The van der Waals surface area contributed by atoms with Gasteiger partial charge in [-0.05, 0) is 12.8 Å². The molecular formula is C11H25NO. The molecule has 1 amide bonds. The van der Waals surface area contributed by atoms with Crippen molar-refractivity contribution in [2.45, 2.75) is 59.8 Å². The summed E-state index contributed by atoms with van der Waals surface area (Å²) in [6.07, 6.45) is 5.11. The molecule has 0 rings (SSSR count). The number of hydrogen-bond donors (Lipinski definition) is 1. The Morgan fingerprint density at radius 1 is 1.08 bits per heavy atom. The Labute approximate surface area is 83.1 Å². The van der Waals surface area contributed by atoms with E-state index in [4.69, 9.17) is 0 Å². The molecule has 0 atom stereocenters. The highest BCUT2D eigenvalue weighted by molar-refractivity contribution is 5.75. The van der Waals surface area contributed by atoms with Crippen molar-refractivity contribution in [2.24, 2.45) is 0 Å². The van der Waals surface area contributed by atoms with Crippen LogP contribution >= 0.6 is 0 Å². The van der Waals surface area contributed by atoms with E-state index in [1.165, 1.54) is 12.8 Å². The van der Waals surface area contributed by atoms with Gasteiger partial charge in [0.05, 0.1) is 0 Å². The lowest BCUT2D eigenvalue weighted by Crippen LogP contribution is -2.23. The van der Waals surface area contributed by atoms with Gasteiger partial charge in [0.2, 0.25) is 5.91 Å². The van der Waals surface area contributed by atoms with Crippen LogP contribution in [0.5, 0.6) is 0 Å². The fourth-order valence-corrected chi connectivity index (χ4v) is 0.888. The van der Waals surface area contributed by atoms with Crippen molar-refractivity contribution < 1.29 is 4.79 Å². The Hall–Kier alpha value is -0.530. The Balaban J connectivity index is 0. The lowest BCUT2D eigenvalue weighted by molar-refractivity contribution is -0.121. The normalized spacial score (nSPS) is 8.62. The van der Waals surface area contributed by atoms with Gasteiger partial charge in [-0.15, -0.1) is 0 Å². The predicted molar refractivity (Wildman–Crippen MR) is 58.8 cm³/mol. The van der Waals surface area contributed by atoms with E-state index >= 15 is 0 Å². The van der Waals surface area contributed by atoms with E-state index in [1.54, 1.807) is 0 Å². The summed E-state index contributed by atoms with van der Waals surface area (Å²) < 4.78 is 0. The summed E-state index contributed by atoms with van der Waals surface area (Å²) in [6.45, 7) is 9.03. The summed E-state index contributed by atoms with van der Waals surface area (Å²) >= 11 is 0. The molecule has 0 radical (unpaired) electrons. The minimum Gasteiger partial charge on any atom is -0.356 e. The fraction of sp³-hybridized carbons (Fsp3) is 0.909. The number of hydrogen-bond acceptors (Lipinski definition) is 1. The van der Waals surface area contributed by atoms with Gasteiger partial charge in [0.15, 0.2) is 0 Å². The molecule has 0 aliphatic heterocycles. The summed E-state index contributed by atoms with van der Waals surface area (Å²) in [6, 6.07) is 0. The van der Waals surface area contributed by atoms with E-state index in [-0.39, 0.29) is 5.91 Å². The van der Waals surface area contributed by atoms with Crippen molar-refractivity contribution in [3.63, 3.8) is 0 Å². The summed E-state index contributed by atoms with van der Waals surface area (Å²) in [5, 5.41) is 2.85. The van der Waals surface area contributed by atoms with Gasteiger partial charge >= 0.3 is 0 Å². The summed E-state index contributed by atoms with van der Waals surface area (Å²) in [5.41, 5.74) is 0. The van der Waals surface area contributed by atoms with Gasteiger partial charge in [0.1, 0.15) is 0 Å². The van der Waals surface area contributed by atoms with Gasteiger partial charge < -0.3 is 5.32 Å². The number of carbonyl (C=O) groups is 1. The zero-order valence-electron chi connectivity index (χ0n) is 9.65. The molecule has 0 saturated heterocycles. The first kappa shape index (κ1) is 15.0. The molecule has 0 fully saturated rings. The molecule has 0 aromatic rings. The second-order valence-electron chi connectivity index (χ2n) is 2.81. The largest absolute Gasteiger partial charge is 0.356 e. The van der Waals surface area contributed by atoms with Crippen LogP contribution in [0.15, 0.2) is 0 Å². The van der Waals surface area contributed by atoms with E-state index in [0.717, 1.165) is 19.4 Å². The van der Waals surface area contributed by atoms with Crippen molar-refractivity contribution in [2.75, 3.05) is 6.54 Å². The van der Waals surface area contributed by atoms with Gasteiger partial charge in [-0.25, -0.2) is 0 Å². The topological polar surface area (TPSA) is 29.1 Å². The smallest absolute Gasteiger partial charge is 0.219 e. The van der Waals surface area contributed by atoms with Gasteiger partial charge in [-0.3, -0.25) is 4.79 Å². The van der Waals surface area contributed by atoms with E-state index in [9.17, 15) is 4.79 Å². The standard InChI is InChI=1S/C9H19NO.C2H6/c1-3-5-6-7-9(11)10-8-4-2;1-2/h3-8H2,1-2H3,(H,10,11);1-2H3. The average molecular weight is 187 g/mol. The van der Waals surface area contributed by atoms with Crippen molar-refractivity contribution >= 4 is 5.91 Å². The molecular weight excluding hydrogens is 162 g/mol. The number of nitrogens with one attached hydrogen (secondary N) is 1. The Kier molecular flexibility index (Phi) is 16.1. The third-order valence-electron chi connectivity index (χ3n) is 1.58. The summed E-state index contributed by atoms with van der Waals surface area (Å²) in [4.78, 5) is 11.0. The molecule has 2 heteroatoms. The van der Waals surface area contributed by atoms with Crippen molar-refractivity contribution in [3.8, 4) is 0 Å². The van der Waals surface area contributed by atoms with Crippen LogP contribution < -0.4 is 5.32 Å². The predicted octanol–water partition coefficient (Wildman–Crippen LogP) is 3.12. The fourth-order valence-electron chi connectivity index (χ4n) is 0.888. The molecule has 0 aliphatic carbocycles. The molecule has 0 spiro atoms. The first-order valence-corrected chi connectivity index (χ1v) is 5.58. The molecule has 0 saturated carbocycles. The first-order valence-electron chi connectivity index (χ1n) is 5.58. The van der Waals surface area contributed by atoms with Gasteiger partial charge in [0.25, 0.3) is 0 Å². The van der Waals surface area contributed by atoms with Crippen molar-refractivity contribution in [1.82, 2.24) is 5.32 Å². The van der Waals surface area contributed by atoms with Crippen LogP contribution in [-0.2, 0) is 4.79 Å². The highest BCUT2D eigenvalue weighted by atomic mass is 16.1. The zero-order chi connectivity index (χ0) is 10.5. The molecule has 13 heavy (non-hydrogen) atoms. The van der Waals surface area contributed by atoms with Gasteiger partial charge in [-0.2, -0.15) is 0 Å². The van der Waals surface area contributed by atoms with Crippen LogP contribution in [0.2, 0.25) is 0 Å². The molecule has 0 aromatic carbocycles. The van der Waals surface area contributed by atoms with E-state index in [2.05, 4.69) is 19.2 Å². The van der Waals surface area contributed by atoms with Crippen LogP contribution in [0.1, 0.15) is 59.8 Å². The maximum Gasteiger partial charge on any atom is 0.219 e. The molecule has 80 valence electrons. The molecule has 0 bridgehead atoms. The Bertz CT molecular complexity index is 102. The lowest BCUT2D eigenvalue weighted by Gasteiger charge is -2.01. The highest BCUT2D eigenvalue weighted by Gasteiger charge is 1.97. The van der Waals surface area contributed by atoms with Crippen LogP contribution in [0, 0.1) is 0 Å². The highest BCUT2D eigenvalue weighted by Crippen LogP contribution is 1.97. The summed E-state index contributed by atoms with van der Waals surface area (Å²) in [7, 11) is 0. The second-order valence-corrected chi connectivity index (χ2v) is 2.81. The molecule has 0 heterocycles. The van der Waals surface area contributed by atoms with E-state index < -0.39 is 0 Å². The van der Waals surface area contributed by atoms with Crippen LogP contribution in [0.3, 0.4) is 0 Å². The number of carbonyl (C=O) groups excluding carboxylic acids is 1. The number of amides is 1. The molecule has 0 aliphatic rings. The van der Waals surface area contributed by atoms with Gasteiger partial charge in [-0.1, -0.05) is 40.5 Å². The van der Waals surface area contributed by atoms with E-state index in [0.29, 0.717) is 6.42 Å². The van der Waals surface area contributed by atoms with E-state index in [1.807, 2.05) is 13.8 Å². The van der Waals surface area contributed by atoms with Crippen LogP contribution in [-0.4, -0.2) is 12.5 Å². The third-order valence-corrected chi connectivity index (χ3v) is 1.58. The number of rotatable bonds is 6. The molecule has 2 nitrogen and oxygen atoms in total. The molecule has 1 N–H and O–H groups in total. The number of unbranched alkanes of at least 4 members (excludes halogenated alkanes) is 2. The third kappa shape index (κ3) is 14.3. The monoisotopic (exact) mass is 187 g/mol. The quantitative estimate of drug-likeness (QED) is 0.636. The minimum atomic E-state index is 0.209. The van der Waals surface area contributed by atoms with Crippen LogP contribution in [0.25, 0.3) is 0 Å². The maximum absolute atomic E-state index is 11.0. The first-order chi connectivity index (χ1) is 6.31. The molecule has 0 unspecified atom stereocenters.